The highest BCUT2D eigenvalue weighted by Crippen LogP contribution is 2.40. The fourth-order valence-electron chi connectivity index (χ4n) is 3.13. The van der Waals surface area contributed by atoms with E-state index in [2.05, 4.69) is 27.7 Å². The summed E-state index contributed by atoms with van der Waals surface area (Å²) in [6, 6.07) is 0. The van der Waals surface area contributed by atoms with Crippen molar-refractivity contribution in [2.24, 2.45) is 23.7 Å². The molecule has 1 fully saturated rings. The lowest BCUT2D eigenvalue weighted by molar-refractivity contribution is 0.120. The van der Waals surface area contributed by atoms with E-state index in [0.29, 0.717) is 0 Å². The summed E-state index contributed by atoms with van der Waals surface area (Å²) in [6.07, 6.45) is 7.24. The van der Waals surface area contributed by atoms with Crippen LogP contribution in [0, 0.1) is 23.7 Å². The van der Waals surface area contributed by atoms with Gasteiger partial charge < -0.3 is 0 Å². The molecule has 1 saturated carbocycles. The van der Waals surface area contributed by atoms with Crippen molar-refractivity contribution in [1.29, 1.82) is 0 Å². The summed E-state index contributed by atoms with van der Waals surface area (Å²) in [5.41, 5.74) is 0. The molecular formula is C13H26. The van der Waals surface area contributed by atoms with Crippen LogP contribution in [0.2, 0.25) is 0 Å². The lowest BCUT2D eigenvalue weighted by atomic mass is 9.67. The van der Waals surface area contributed by atoms with E-state index in [1.165, 1.54) is 32.1 Å². The molecule has 78 valence electrons. The van der Waals surface area contributed by atoms with E-state index in [4.69, 9.17) is 0 Å². The minimum Gasteiger partial charge on any atom is -0.0654 e. The first kappa shape index (κ1) is 11.1. The van der Waals surface area contributed by atoms with Crippen molar-refractivity contribution in [1.82, 2.24) is 0 Å². The number of hydrogen-bond acceptors (Lipinski definition) is 0. The molecule has 4 atom stereocenters. The molecule has 0 aromatic heterocycles. The highest BCUT2D eigenvalue weighted by atomic mass is 14.4. The van der Waals surface area contributed by atoms with E-state index in [-0.39, 0.29) is 0 Å². The van der Waals surface area contributed by atoms with Gasteiger partial charge in [0.1, 0.15) is 0 Å². The molecule has 0 saturated heterocycles. The third kappa shape index (κ3) is 2.72. The van der Waals surface area contributed by atoms with E-state index >= 15 is 0 Å². The molecule has 13 heavy (non-hydrogen) atoms. The van der Waals surface area contributed by atoms with Gasteiger partial charge in [-0.2, -0.15) is 0 Å². The zero-order valence-corrected chi connectivity index (χ0v) is 9.84. The van der Waals surface area contributed by atoms with Gasteiger partial charge in [0, 0.05) is 0 Å². The lowest BCUT2D eigenvalue weighted by Crippen LogP contribution is -2.29. The SMILES string of the molecule is CCCC1CC(C)C(C)C(CC)C1. The minimum absolute atomic E-state index is 0.968. The molecule has 1 aliphatic rings. The first-order chi connectivity index (χ1) is 6.19. The molecule has 0 aromatic rings. The summed E-state index contributed by atoms with van der Waals surface area (Å²) in [5.74, 6) is 4.00. The Kier molecular flexibility index (Phi) is 4.28. The first-order valence-electron chi connectivity index (χ1n) is 6.19. The second kappa shape index (κ2) is 5.02. The van der Waals surface area contributed by atoms with Crippen LogP contribution in [-0.4, -0.2) is 0 Å². The summed E-state index contributed by atoms with van der Waals surface area (Å²) < 4.78 is 0. The second-order valence-electron chi connectivity index (χ2n) is 5.13. The van der Waals surface area contributed by atoms with Gasteiger partial charge in [-0.25, -0.2) is 0 Å². The molecule has 0 nitrogen and oxygen atoms in total. The third-order valence-corrected chi connectivity index (χ3v) is 4.20. The average Bonchev–Trinajstić information content (AvgIpc) is 2.11. The smallest absolute Gasteiger partial charge is 0.0386 e. The fourth-order valence-corrected chi connectivity index (χ4v) is 3.13. The molecular weight excluding hydrogens is 156 g/mol. The highest BCUT2D eigenvalue weighted by Gasteiger charge is 2.30. The molecule has 1 rings (SSSR count). The molecule has 4 unspecified atom stereocenters. The van der Waals surface area contributed by atoms with Gasteiger partial charge in [0.25, 0.3) is 0 Å². The first-order valence-corrected chi connectivity index (χ1v) is 6.19. The predicted molar refractivity (Wildman–Crippen MR) is 59.7 cm³/mol. The zero-order valence-electron chi connectivity index (χ0n) is 9.84. The Morgan fingerprint density at radius 1 is 1.08 bits per heavy atom. The Labute approximate surface area is 84.1 Å². The summed E-state index contributed by atoms with van der Waals surface area (Å²) >= 11 is 0. The van der Waals surface area contributed by atoms with Crippen LogP contribution in [0.25, 0.3) is 0 Å². The van der Waals surface area contributed by atoms with Crippen LogP contribution in [0.4, 0.5) is 0 Å². The van der Waals surface area contributed by atoms with Gasteiger partial charge in [0.05, 0.1) is 0 Å². The van der Waals surface area contributed by atoms with Crippen molar-refractivity contribution in [3.05, 3.63) is 0 Å². The van der Waals surface area contributed by atoms with Crippen LogP contribution >= 0.6 is 0 Å². The van der Waals surface area contributed by atoms with Crippen LogP contribution in [0.15, 0.2) is 0 Å². The average molecular weight is 182 g/mol. The predicted octanol–water partition coefficient (Wildman–Crippen LogP) is 4.49. The van der Waals surface area contributed by atoms with E-state index in [9.17, 15) is 0 Å². The molecule has 1 aliphatic carbocycles. The quantitative estimate of drug-likeness (QED) is 0.603. The van der Waals surface area contributed by atoms with E-state index in [0.717, 1.165) is 23.7 Å². The van der Waals surface area contributed by atoms with E-state index in [1.807, 2.05) is 0 Å². The lowest BCUT2D eigenvalue weighted by Gasteiger charge is -2.38. The monoisotopic (exact) mass is 182 g/mol. The molecule has 0 aromatic carbocycles. The van der Waals surface area contributed by atoms with Gasteiger partial charge in [0.2, 0.25) is 0 Å². The maximum atomic E-state index is 2.46. The molecule has 0 heteroatoms. The zero-order chi connectivity index (χ0) is 9.84. The molecule has 0 radical (unpaired) electrons. The van der Waals surface area contributed by atoms with Crippen LogP contribution in [0.1, 0.15) is 59.8 Å². The number of rotatable bonds is 3. The molecule has 0 heterocycles. The summed E-state index contributed by atoms with van der Waals surface area (Å²) in [5, 5.41) is 0. The largest absolute Gasteiger partial charge is 0.0654 e. The third-order valence-electron chi connectivity index (χ3n) is 4.20. The van der Waals surface area contributed by atoms with E-state index in [1.54, 1.807) is 0 Å². The van der Waals surface area contributed by atoms with Crippen molar-refractivity contribution in [2.45, 2.75) is 59.8 Å². The van der Waals surface area contributed by atoms with Crippen LogP contribution in [0.3, 0.4) is 0 Å². The summed E-state index contributed by atoms with van der Waals surface area (Å²) in [4.78, 5) is 0. The van der Waals surface area contributed by atoms with Crippen molar-refractivity contribution in [3.8, 4) is 0 Å². The number of hydrogen-bond donors (Lipinski definition) is 0. The maximum Gasteiger partial charge on any atom is -0.0386 e. The van der Waals surface area contributed by atoms with Crippen LogP contribution in [0.5, 0.6) is 0 Å². The molecule has 0 N–H and O–H groups in total. The van der Waals surface area contributed by atoms with Gasteiger partial charge in [-0.3, -0.25) is 0 Å². The molecule has 0 spiro atoms. The fraction of sp³-hybridized carbons (Fsp3) is 1.00. The highest BCUT2D eigenvalue weighted by molar-refractivity contribution is 4.81. The molecule has 0 bridgehead atoms. The molecule has 0 amide bonds. The topological polar surface area (TPSA) is 0 Å². The van der Waals surface area contributed by atoms with Gasteiger partial charge in [-0.15, -0.1) is 0 Å². The second-order valence-corrected chi connectivity index (χ2v) is 5.13. The molecule has 0 aliphatic heterocycles. The van der Waals surface area contributed by atoms with E-state index < -0.39 is 0 Å². The Bertz CT molecular complexity index is 139. The van der Waals surface area contributed by atoms with Gasteiger partial charge >= 0.3 is 0 Å². The van der Waals surface area contributed by atoms with Gasteiger partial charge in [-0.05, 0) is 36.5 Å². The Morgan fingerprint density at radius 2 is 1.77 bits per heavy atom. The normalized spacial score (nSPS) is 40.6. The minimum atomic E-state index is 0.968. The Balaban J connectivity index is 2.47. The summed E-state index contributed by atoms with van der Waals surface area (Å²) in [6.45, 7) is 9.60. The van der Waals surface area contributed by atoms with Gasteiger partial charge in [0.15, 0.2) is 0 Å². The summed E-state index contributed by atoms with van der Waals surface area (Å²) in [7, 11) is 0. The van der Waals surface area contributed by atoms with Crippen LogP contribution < -0.4 is 0 Å². The van der Waals surface area contributed by atoms with Crippen molar-refractivity contribution in [2.75, 3.05) is 0 Å². The maximum absolute atomic E-state index is 2.46. The Hall–Kier alpha value is 0. The Morgan fingerprint density at radius 3 is 2.31 bits per heavy atom. The van der Waals surface area contributed by atoms with Gasteiger partial charge in [-0.1, -0.05) is 47.0 Å². The van der Waals surface area contributed by atoms with Crippen molar-refractivity contribution in [3.63, 3.8) is 0 Å². The van der Waals surface area contributed by atoms with Crippen molar-refractivity contribution < 1.29 is 0 Å². The standard InChI is InChI=1S/C13H26/c1-5-7-12-8-10(3)11(4)13(6-2)9-12/h10-13H,5-9H2,1-4H3. The van der Waals surface area contributed by atoms with Crippen LogP contribution in [-0.2, 0) is 0 Å². The van der Waals surface area contributed by atoms with Crippen molar-refractivity contribution >= 4 is 0 Å².